The molecule has 0 amide bonds. The van der Waals surface area contributed by atoms with Crippen LogP contribution in [0.15, 0.2) is 4.48 Å². The number of aromatic nitrogens is 2. The van der Waals surface area contributed by atoms with Gasteiger partial charge in [0.25, 0.3) is 0 Å². The van der Waals surface area contributed by atoms with Crippen LogP contribution in [0.4, 0.5) is 11.8 Å². The summed E-state index contributed by atoms with van der Waals surface area (Å²) in [4.78, 5) is 14.0. The fourth-order valence-electron chi connectivity index (χ4n) is 2.93. The highest BCUT2D eigenvalue weighted by atomic mass is 79.9. The van der Waals surface area contributed by atoms with E-state index in [4.69, 9.17) is 9.72 Å². The molecule has 3 heterocycles. The van der Waals surface area contributed by atoms with Gasteiger partial charge in [-0.2, -0.15) is 4.98 Å². The maximum absolute atomic E-state index is 5.37. The summed E-state index contributed by atoms with van der Waals surface area (Å²) in [6.07, 6.45) is 2.13. The number of likely N-dealkylation sites (N-methyl/N-ethyl adjacent to an activating group) is 1. The van der Waals surface area contributed by atoms with Crippen molar-refractivity contribution in [2.24, 2.45) is 0 Å². The zero-order valence-electron chi connectivity index (χ0n) is 13.8. The standard InChI is InChI=1S/C16H24BrN5O/c1-3-22-11-13(17)10-14-12(2)19-16(20-15(14)22)18-4-5-21-6-8-23-9-7-21/h10H,3-9,11H2,1-2H3,(H,18,19,20). The van der Waals surface area contributed by atoms with Gasteiger partial charge in [0.05, 0.1) is 25.5 Å². The molecule has 0 saturated carbocycles. The Morgan fingerprint density at radius 2 is 2.09 bits per heavy atom. The smallest absolute Gasteiger partial charge is 0.224 e. The Kier molecular flexibility index (Phi) is 5.50. The second-order valence-electron chi connectivity index (χ2n) is 5.86. The van der Waals surface area contributed by atoms with Crippen molar-refractivity contribution in [2.75, 3.05) is 62.7 Å². The molecule has 0 bridgehead atoms. The maximum Gasteiger partial charge on any atom is 0.224 e. The Morgan fingerprint density at radius 1 is 1.30 bits per heavy atom. The molecule has 7 heteroatoms. The Bertz CT molecular complexity index is 586. The lowest BCUT2D eigenvalue weighted by Gasteiger charge is -2.29. The van der Waals surface area contributed by atoms with Crippen molar-refractivity contribution in [3.05, 3.63) is 15.7 Å². The second kappa shape index (κ2) is 7.59. The fraction of sp³-hybridized carbons (Fsp3) is 0.625. The first-order chi connectivity index (χ1) is 11.2. The number of hydrogen-bond acceptors (Lipinski definition) is 6. The van der Waals surface area contributed by atoms with Gasteiger partial charge in [-0.05, 0) is 19.9 Å². The van der Waals surface area contributed by atoms with Crippen LogP contribution in [0.3, 0.4) is 0 Å². The molecule has 1 aromatic rings. The van der Waals surface area contributed by atoms with E-state index < -0.39 is 0 Å². The van der Waals surface area contributed by atoms with Crippen LogP contribution in [0.2, 0.25) is 0 Å². The zero-order valence-corrected chi connectivity index (χ0v) is 15.4. The first-order valence-electron chi connectivity index (χ1n) is 8.21. The van der Waals surface area contributed by atoms with Crippen molar-refractivity contribution >= 4 is 33.8 Å². The molecule has 6 nitrogen and oxygen atoms in total. The number of halogens is 1. The Hall–Kier alpha value is -1.18. The van der Waals surface area contributed by atoms with Crippen LogP contribution in [0, 0.1) is 6.92 Å². The Morgan fingerprint density at radius 3 is 2.83 bits per heavy atom. The van der Waals surface area contributed by atoms with E-state index in [0.29, 0.717) is 0 Å². The molecule has 126 valence electrons. The Labute approximate surface area is 146 Å². The average Bonchev–Trinajstić information content (AvgIpc) is 2.56. The van der Waals surface area contributed by atoms with E-state index in [1.54, 1.807) is 0 Å². The number of morpholine rings is 1. The van der Waals surface area contributed by atoms with E-state index in [9.17, 15) is 0 Å². The fourth-order valence-corrected chi connectivity index (χ4v) is 3.46. The number of aryl methyl sites for hydroxylation is 1. The summed E-state index contributed by atoms with van der Waals surface area (Å²) < 4.78 is 6.55. The van der Waals surface area contributed by atoms with Crippen molar-refractivity contribution in [3.8, 4) is 0 Å². The van der Waals surface area contributed by atoms with Gasteiger partial charge in [0.1, 0.15) is 5.82 Å². The van der Waals surface area contributed by atoms with Crippen molar-refractivity contribution in [3.63, 3.8) is 0 Å². The minimum absolute atomic E-state index is 0.722. The van der Waals surface area contributed by atoms with Crippen molar-refractivity contribution in [1.82, 2.24) is 14.9 Å². The van der Waals surface area contributed by atoms with E-state index in [1.807, 2.05) is 6.92 Å². The van der Waals surface area contributed by atoms with Gasteiger partial charge in [-0.25, -0.2) is 4.98 Å². The molecule has 2 aliphatic rings. The van der Waals surface area contributed by atoms with E-state index in [2.05, 4.69) is 49.0 Å². The summed E-state index contributed by atoms with van der Waals surface area (Å²) in [5.74, 6) is 1.75. The van der Waals surface area contributed by atoms with Crippen LogP contribution in [-0.2, 0) is 4.74 Å². The van der Waals surface area contributed by atoms with E-state index in [0.717, 1.165) is 75.5 Å². The van der Waals surface area contributed by atoms with Crippen LogP contribution in [-0.4, -0.2) is 67.4 Å². The second-order valence-corrected chi connectivity index (χ2v) is 6.87. The summed E-state index contributed by atoms with van der Waals surface area (Å²) in [5.41, 5.74) is 2.13. The predicted molar refractivity (Wildman–Crippen MR) is 97.3 cm³/mol. The minimum atomic E-state index is 0.722. The van der Waals surface area contributed by atoms with E-state index in [-0.39, 0.29) is 0 Å². The first kappa shape index (κ1) is 16.7. The number of hydrogen-bond donors (Lipinski definition) is 1. The molecule has 1 fully saturated rings. The quantitative estimate of drug-likeness (QED) is 0.842. The van der Waals surface area contributed by atoms with Gasteiger partial charge < -0.3 is 15.0 Å². The van der Waals surface area contributed by atoms with Crippen molar-refractivity contribution in [2.45, 2.75) is 13.8 Å². The molecule has 2 aliphatic heterocycles. The lowest BCUT2D eigenvalue weighted by atomic mass is 10.1. The average molecular weight is 382 g/mol. The van der Waals surface area contributed by atoms with Gasteiger partial charge in [-0.3, -0.25) is 4.90 Å². The molecular formula is C16H24BrN5O. The lowest BCUT2D eigenvalue weighted by Crippen LogP contribution is -2.39. The number of fused-ring (bicyclic) bond motifs is 1. The summed E-state index contributed by atoms with van der Waals surface area (Å²) in [6.45, 7) is 11.5. The van der Waals surface area contributed by atoms with Crippen LogP contribution >= 0.6 is 15.9 Å². The molecule has 3 rings (SSSR count). The number of nitrogens with zero attached hydrogens (tertiary/aromatic N) is 4. The normalized spacial score (nSPS) is 18.6. The van der Waals surface area contributed by atoms with Crippen LogP contribution in [0.5, 0.6) is 0 Å². The molecule has 1 saturated heterocycles. The third-order valence-electron chi connectivity index (χ3n) is 4.26. The maximum atomic E-state index is 5.37. The molecule has 0 radical (unpaired) electrons. The van der Waals surface area contributed by atoms with E-state index >= 15 is 0 Å². The van der Waals surface area contributed by atoms with Crippen LogP contribution in [0.1, 0.15) is 18.2 Å². The Balaban J connectivity index is 1.68. The van der Waals surface area contributed by atoms with Gasteiger partial charge in [-0.15, -0.1) is 0 Å². The summed E-state index contributed by atoms with van der Waals surface area (Å²) in [5, 5.41) is 3.37. The number of anilines is 2. The summed E-state index contributed by atoms with van der Waals surface area (Å²) >= 11 is 3.61. The summed E-state index contributed by atoms with van der Waals surface area (Å²) in [7, 11) is 0. The van der Waals surface area contributed by atoms with Gasteiger partial charge in [0, 0.05) is 42.8 Å². The third-order valence-corrected chi connectivity index (χ3v) is 4.73. The number of rotatable bonds is 5. The third kappa shape index (κ3) is 4.02. The van der Waals surface area contributed by atoms with Crippen molar-refractivity contribution < 1.29 is 4.74 Å². The molecule has 0 unspecified atom stereocenters. The topological polar surface area (TPSA) is 53.5 Å². The van der Waals surface area contributed by atoms with Gasteiger partial charge in [0.2, 0.25) is 5.95 Å². The lowest BCUT2D eigenvalue weighted by molar-refractivity contribution is 0.0398. The molecular weight excluding hydrogens is 358 g/mol. The molecule has 0 aromatic carbocycles. The summed E-state index contributed by atoms with van der Waals surface area (Å²) in [6, 6.07) is 0. The van der Waals surface area contributed by atoms with Gasteiger partial charge >= 0.3 is 0 Å². The number of nitrogens with one attached hydrogen (secondary N) is 1. The highest BCUT2D eigenvalue weighted by molar-refractivity contribution is 9.11. The van der Waals surface area contributed by atoms with Gasteiger partial charge in [-0.1, -0.05) is 15.9 Å². The molecule has 1 aromatic heterocycles. The molecule has 1 N–H and O–H groups in total. The minimum Gasteiger partial charge on any atom is -0.379 e. The van der Waals surface area contributed by atoms with Crippen molar-refractivity contribution in [1.29, 1.82) is 0 Å². The molecule has 0 spiro atoms. The molecule has 0 atom stereocenters. The zero-order chi connectivity index (χ0) is 16.2. The highest BCUT2D eigenvalue weighted by Gasteiger charge is 2.20. The monoisotopic (exact) mass is 381 g/mol. The largest absolute Gasteiger partial charge is 0.379 e. The SMILES string of the molecule is CCN1CC(Br)=Cc2c(C)nc(NCCN3CCOCC3)nc21. The first-order valence-corrected chi connectivity index (χ1v) is 9.00. The van der Waals surface area contributed by atoms with Crippen LogP contribution < -0.4 is 10.2 Å². The van der Waals surface area contributed by atoms with E-state index in [1.165, 1.54) is 4.48 Å². The molecule has 0 aliphatic carbocycles. The van der Waals surface area contributed by atoms with Crippen LogP contribution in [0.25, 0.3) is 6.08 Å². The predicted octanol–water partition coefficient (Wildman–Crippen LogP) is 2.10. The number of ether oxygens (including phenoxy) is 1. The molecule has 23 heavy (non-hydrogen) atoms. The van der Waals surface area contributed by atoms with Gasteiger partial charge in [0.15, 0.2) is 0 Å². The highest BCUT2D eigenvalue weighted by Crippen LogP contribution is 2.31.